The lowest BCUT2D eigenvalue weighted by Gasteiger charge is -2.30. The van der Waals surface area contributed by atoms with Gasteiger partial charge in [-0.3, -0.25) is 0 Å². The molecular formula is C41H35NSi. The zero-order valence-corrected chi connectivity index (χ0v) is 26.2. The Morgan fingerprint density at radius 1 is 0.488 bits per heavy atom. The monoisotopic (exact) mass is 569 g/mol. The molecule has 1 heterocycles. The van der Waals surface area contributed by atoms with Crippen LogP contribution in [0.25, 0.3) is 33.4 Å². The molecule has 0 radical (unpaired) electrons. The number of hydrogen-bond donors (Lipinski definition) is 0. The van der Waals surface area contributed by atoms with Crippen molar-refractivity contribution >= 4 is 35.5 Å². The quantitative estimate of drug-likeness (QED) is 0.191. The predicted molar refractivity (Wildman–Crippen MR) is 186 cm³/mol. The smallest absolute Gasteiger partial charge is 0.113 e. The molecule has 0 N–H and O–H groups in total. The van der Waals surface area contributed by atoms with Gasteiger partial charge in [-0.1, -0.05) is 136 Å². The molecule has 2 aliphatic rings. The summed E-state index contributed by atoms with van der Waals surface area (Å²) in [6.07, 6.45) is 0. The van der Waals surface area contributed by atoms with E-state index < -0.39 is 8.07 Å². The van der Waals surface area contributed by atoms with Crippen LogP contribution in [0.4, 0.5) is 17.1 Å². The van der Waals surface area contributed by atoms with E-state index in [-0.39, 0.29) is 5.41 Å². The van der Waals surface area contributed by atoms with Crippen molar-refractivity contribution in [3.8, 4) is 33.4 Å². The normalized spacial score (nSPS) is 14.9. The third-order valence-corrected chi connectivity index (χ3v) is 13.4. The number of nitrogens with zero attached hydrogens (tertiary/aromatic N) is 1. The summed E-state index contributed by atoms with van der Waals surface area (Å²) in [6, 6.07) is 51.9. The van der Waals surface area contributed by atoms with E-state index in [1.807, 2.05) is 0 Å². The van der Waals surface area contributed by atoms with Crippen molar-refractivity contribution in [3.05, 3.63) is 151 Å². The van der Waals surface area contributed by atoms with Crippen molar-refractivity contribution in [2.24, 2.45) is 0 Å². The summed E-state index contributed by atoms with van der Waals surface area (Å²) in [5, 5.41) is 3.06. The van der Waals surface area contributed by atoms with Crippen molar-refractivity contribution in [2.75, 3.05) is 4.90 Å². The summed E-state index contributed by atoms with van der Waals surface area (Å²) in [6.45, 7) is 9.72. The van der Waals surface area contributed by atoms with Crippen LogP contribution in [0.15, 0.2) is 140 Å². The fraction of sp³-hybridized carbons (Fsp3) is 0.122. The molecular weight excluding hydrogens is 535 g/mol. The van der Waals surface area contributed by atoms with Crippen molar-refractivity contribution in [1.82, 2.24) is 0 Å². The lowest BCUT2D eigenvalue weighted by Crippen LogP contribution is -2.49. The Morgan fingerprint density at radius 2 is 1.09 bits per heavy atom. The van der Waals surface area contributed by atoms with Crippen LogP contribution in [0.2, 0.25) is 13.1 Å². The fourth-order valence-electron chi connectivity index (χ4n) is 7.61. The van der Waals surface area contributed by atoms with Crippen LogP contribution in [0.3, 0.4) is 0 Å². The molecule has 0 spiro atoms. The second-order valence-electron chi connectivity index (χ2n) is 13.0. The van der Waals surface area contributed by atoms with Crippen LogP contribution in [0, 0.1) is 0 Å². The molecule has 0 bridgehead atoms. The Hall–Kier alpha value is -4.66. The van der Waals surface area contributed by atoms with Crippen molar-refractivity contribution in [3.63, 3.8) is 0 Å². The van der Waals surface area contributed by atoms with Crippen LogP contribution < -0.4 is 15.3 Å². The maximum Gasteiger partial charge on any atom is 0.113 e. The Kier molecular flexibility index (Phi) is 5.70. The maximum absolute atomic E-state index is 2.50. The van der Waals surface area contributed by atoms with E-state index in [2.05, 4.69) is 171 Å². The van der Waals surface area contributed by atoms with E-state index in [0.717, 1.165) is 0 Å². The van der Waals surface area contributed by atoms with Crippen LogP contribution in [-0.4, -0.2) is 8.07 Å². The lowest BCUT2D eigenvalue weighted by atomic mass is 9.82. The minimum Gasteiger partial charge on any atom is -0.310 e. The summed E-state index contributed by atoms with van der Waals surface area (Å²) in [5.41, 5.74) is 14.3. The summed E-state index contributed by atoms with van der Waals surface area (Å²) < 4.78 is 0. The highest BCUT2D eigenvalue weighted by atomic mass is 28.3. The molecule has 2 heteroatoms. The zero-order valence-electron chi connectivity index (χ0n) is 25.2. The fourth-order valence-corrected chi connectivity index (χ4v) is 10.7. The Labute approximate surface area is 256 Å². The van der Waals surface area contributed by atoms with Crippen molar-refractivity contribution in [1.29, 1.82) is 0 Å². The van der Waals surface area contributed by atoms with E-state index in [1.54, 1.807) is 0 Å². The Morgan fingerprint density at radius 3 is 1.88 bits per heavy atom. The van der Waals surface area contributed by atoms with E-state index in [4.69, 9.17) is 0 Å². The van der Waals surface area contributed by atoms with Gasteiger partial charge in [-0.2, -0.15) is 0 Å². The summed E-state index contributed by atoms with van der Waals surface area (Å²) >= 11 is 0. The van der Waals surface area contributed by atoms with Crippen molar-refractivity contribution in [2.45, 2.75) is 32.4 Å². The zero-order chi connectivity index (χ0) is 29.3. The summed E-state index contributed by atoms with van der Waals surface area (Å²) in [4.78, 5) is 2.50. The van der Waals surface area contributed by atoms with Crippen LogP contribution >= 0.6 is 0 Å². The number of anilines is 3. The minimum atomic E-state index is -1.84. The molecule has 1 nitrogen and oxygen atoms in total. The van der Waals surface area contributed by atoms with Gasteiger partial charge in [-0.25, -0.2) is 0 Å². The first-order valence-electron chi connectivity index (χ1n) is 15.3. The van der Waals surface area contributed by atoms with E-state index in [9.17, 15) is 0 Å². The topological polar surface area (TPSA) is 3.24 Å². The predicted octanol–water partition coefficient (Wildman–Crippen LogP) is 9.93. The molecule has 0 saturated heterocycles. The van der Waals surface area contributed by atoms with Gasteiger partial charge in [0.2, 0.25) is 0 Å². The largest absolute Gasteiger partial charge is 0.310 e. The molecule has 0 aromatic heterocycles. The van der Waals surface area contributed by atoms with E-state index in [0.29, 0.717) is 0 Å². The van der Waals surface area contributed by atoms with E-state index >= 15 is 0 Å². The lowest BCUT2D eigenvalue weighted by molar-refractivity contribution is 0.660. The molecule has 1 aliphatic carbocycles. The second-order valence-corrected chi connectivity index (χ2v) is 17.3. The first-order chi connectivity index (χ1) is 20.9. The standard InChI is InChI=1S/C41H35NSi/c1-41(2)35-17-10-8-16-34(35)40-36(41)18-12-19-37(40)42(30-23-21-29(22-24-30)28-13-6-5-7-14-28)31-25-26-33-32-15-9-11-20-38(32)43(3,4)39(33)27-31/h5-27H,1-4H3. The SMILES string of the molecule is CC1(C)c2ccccc2-c2c(N(c3ccc(-c4ccccc4)cc3)c3ccc4c(c3)[Si](C)(C)c3ccccc3-4)cccc21. The number of rotatable bonds is 4. The molecule has 208 valence electrons. The Balaban J connectivity index is 1.35. The summed E-state index contributed by atoms with van der Waals surface area (Å²) in [7, 11) is -1.84. The van der Waals surface area contributed by atoms with Crippen LogP contribution in [0.5, 0.6) is 0 Å². The van der Waals surface area contributed by atoms with Crippen LogP contribution in [-0.2, 0) is 5.41 Å². The maximum atomic E-state index is 2.50. The molecule has 8 rings (SSSR count). The van der Waals surface area contributed by atoms with Gasteiger partial charge in [-0.15, -0.1) is 0 Å². The molecule has 6 aromatic carbocycles. The first-order valence-corrected chi connectivity index (χ1v) is 18.3. The highest BCUT2D eigenvalue weighted by Crippen LogP contribution is 2.54. The number of hydrogen-bond acceptors (Lipinski definition) is 1. The van der Waals surface area contributed by atoms with Gasteiger partial charge in [0.25, 0.3) is 0 Å². The van der Waals surface area contributed by atoms with Gasteiger partial charge in [0.15, 0.2) is 0 Å². The molecule has 0 unspecified atom stereocenters. The molecule has 0 fully saturated rings. The average molecular weight is 570 g/mol. The Bertz CT molecular complexity index is 2020. The average Bonchev–Trinajstić information content (AvgIpc) is 3.42. The molecule has 43 heavy (non-hydrogen) atoms. The highest BCUT2D eigenvalue weighted by molar-refractivity contribution is 7.03. The van der Waals surface area contributed by atoms with Gasteiger partial charge < -0.3 is 4.90 Å². The van der Waals surface area contributed by atoms with Gasteiger partial charge in [0.1, 0.15) is 8.07 Å². The molecule has 1 aliphatic heterocycles. The van der Waals surface area contributed by atoms with E-state index in [1.165, 1.54) is 71.9 Å². The van der Waals surface area contributed by atoms with Gasteiger partial charge in [0.05, 0.1) is 5.69 Å². The molecule has 0 atom stereocenters. The van der Waals surface area contributed by atoms with Gasteiger partial charge in [0, 0.05) is 22.4 Å². The van der Waals surface area contributed by atoms with Crippen LogP contribution in [0.1, 0.15) is 25.0 Å². The van der Waals surface area contributed by atoms with Gasteiger partial charge >= 0.3 is 0 Å². The molecule has 6 aromatic rings. The second kappa shape index (κ2) is 9.42. The highest BCUT2D eigenvalue weighted by Gasteiger charge is 2.39. The summed E-state index contributed by atoms with van der Waals surface area (Å²) in [5.74, 6) is 0. The minimum absolute atomic E-state index is 0.0563. The third kappa shape index (κ3) is 3.83. The molecule has 0 saturated carbocycles. The van der Waals surface area contributed by atoms with Gasteiger partial charge in [-0.05, 0) is 79.6 Å². The van der Waals surface area contributed by atoms with Crippen molar-refractivity contribution < 1.29 is 0 Å². The number of fused-ring (bicyclic) bond motifs is 6. The molecule has 0 amide bonds. The third-order valence-electron chi connectivity index (χ3n) is 9.88. The first kappa shape index (κ1) is 26.0. The number of benzene rings is 6.